The molecule has 1 atom stereocenters. The number of aryl methyl sites for hydroxylation is 1. The van der Waals surface area contributed by atoms with E-state index in [-0.39, 0.29) is 36.7 Å². The van der Waals surface area contributed by atoms with Crippen molar-refractivity contribution in [3.05, 3.63) is 76.5 Å². The molecule has 33 heavy (non-hydrogen) atoms. The van der Waals surface area contributed by atoms with Crippen molar-refractivity contribution >= 4 is 40.4 Å². The predicted molar refractivity (Wildman–Crippen MR) is 128 cm³/mol. The Morgan fingerprint density at radius 3 is 2.67 bits per heavy atom. The first-order valence-electron chi connectivity index (χ1n) is 10.7. The lowest BCUT2D eigenvalue weighted by atomic mass is 10.1. The van der Waals surface area contributed by atoms with Gasteiger partial charge in [0.05, 0.1) is 12.5 Å². The second-order valence-electron chi connectivity index (χ2n) is 7.90. The van der Waals surface area contributed by atoms with Crippen molar-refractivity contribution in [2.24, 2.45) is 5.92 Å². The van der Waals surface area contributed by atoms with E-state index in [9.17, 15) is 14.4 Å². The minimum atomic E-state index is -0.376. The zero-order valence-electron chi connectivity index (χ0n) is 18.2. The highest BCUT2D eigenvalue weighted by molar-refractivity contribution is 7.09. The van der Waals surface area contributed by atoms with Gasteiger partial charge in [0.2, 0.25) is 11.8 Å². The maximum Gasteiger partial charge on any atom is 0.262 e. The molecule has 1 aliphatic rings. The van der Waals surface area contributed by atoms with Crippen LogP contribution in [0.2, 0.25) is 0 Å². The van der Waals surface area contributed by atoms with E-state index in [1.54, 1.807) is 40.5 Å². The van der Waals surface area contributed by atoms with Crippen molar-refractivity contribution in [2.45, 2.75) is 19.9 Å². The van der Waals surface area contributed by atoms with Crippen molar-refractivity contribution in [1.29, 1.82) is 0 Å². The molecule has 3 amide bonds. The van der Waals surface area contributed by atoms with Crippen LogP contribution < -0.4 is 20.3 Å². The Bertz CT molecular complexity index is 1130. The van der Waals surface area contributed by atoms with Gasteiger partial charge in [-0.25, -0.2) is 0 Å². The Labute approximate surface area is 196 Å². The molecular formula is C25H25N3O4S. The molecule has 7 nitrogen and oxygen atoms in total. The number of carbonyl (C=O) groups is 3. The molecule has 0 unspecified atom stereocenters. The zero-order valence-corrected chi connectivity index (χ0v) is 19.1. The highest BCUT2D eigenvalue weighted by atomic mass is 32.1. The number of nitrogens with zero attached hydrogens (tertiary/aromatic N) is 1. The topological polar surface area (TPSA) is 87.7 Å². The third-order valence-electron chi connectivity index (χ3n) is 5.33. The fourth-order valence-corrected chi connectivity index (χ4v) is 4.30. The summed E-state index contributed by atoms with van der Waals surface area (Å²) in [7, 11) is 0. The molecule has 2 aromatic carbocycles. The van der Waals surface area contributed by atoms with Crippen molar-refractivity contribution in [2.75, 3.05) is 23.4 Å². The molecule has 2 heterocycles. The number of ether oxygens (including phenoxy) is 1. The Balaban J connectivity index is 1.27. The second-order valence-corrected chi connectivity index (χ2v) is 8.94. The quantitative estimate of drug-likeness (QED) is 0.533. The Hall–Kier alpha value is -3.65. The first-order valence-corrected chi connectivity index (χ1v) is 11.6. The van der Waals surface area contributed by atoms with Crippen LogP contribution in [0.5, 0.6) is 5.75 Å². The van der Waals surface area contributed by atoms with Gasteiger partial charge in [-0.3, -0.25) is 14.4 Å². The van der Waals surface area contributed by atoms with Crippen molar-refractivity contribution in [1.82, 2.24) is 5.32 Å². The summed E-state index contributed by atoms with van der Waals surface area (Å²) in [6.07, 6.45) is 0.188. The van der Waals surface area contributed by atoms with Crippen LogP contribution in [0.25, 0.3) is 0 Å². The van der Waals surface area contributed by atoms with E-state index < -0.39 is 0 Å². The molecule has 1 aliphatic heterocycles. The van der Waals surface area contributed by atoms with Gasteiger partial charge in [-0.05, 0) is 60.3 Å². The van der Waals surface area contributed by atoms with Gasteiger partial charge < -0.3 is 20.3 Å². The molecular weight excluding hydrogens is 438 g/mol. The number of thiophene rings is 1. The number of hydrogen-bond acceptors (Lipinski definition) is 5. The lowest BCUT2D eigenvalue weighted by molar-refractivity contribution is -0.126. The van der Waals surface area contributed by atoms with E-state index in [2.05, 4.69) is 10.6 Å². The molecule has 8 heteroatoms. The van der Waals surface area contributed by atoms with Crippen LogP contribution in [0.15, 0.2) is 66.0 Å². The van der Waals surface area contributed by atoms with E-state index in [1.165, 1.54) is 0 Å². The summed E-state index contributed by atoms with van der Waals surface area (Å²) in [5.74, 6) is -0.305. The number of amides is 3. The van der Waals surface area contributed by atoms with Gasteiger partial charge in [0.1, 0.15) is 5.75 Å². The normalized spacial score (nSPS) is 15.4. The Kier molecular flexibility index (Phi) is 7.04. The molecule has 0 spiro atoms. The molecule has 170 valence electrons. The van der Waals surface area contributed by atoms with Gasteiger partial charge in [-0.15, -0.1) is 11.3 Å². The van der Waals surface area contributed by atoms with Crippen LogP contribution >= 0.6 is 11.3 Å². The van der Waals surface area contributed by atoms with Gasteiger partial charge >= 0.3 is 0 Å². The summed E-state index contributed by atoms with van der Waals surface area (Å²) >= 11 is 1.58. The van der Waals surface area contributed by atoms with E-state index in [4.69, 9.17) is 4.74 Å². The van der Waals surface area contributed by atoms with E-state index >= 15 is 0 Å². The van der Waals surface area contributed by atoms with Gasteiger partial charge in [-0.1, -0.05) is 18.2 Å². The lowest BCUT2D eigenvalue weighted by Gasteiger charge is -2.17. The van der Waals surface area contributed by atoms with Crippen LogP contribution in [0.3, 0.4) is 0 Å². The zero-order chi connectivity index (χ0) is 23.2. The number of benzene rings is 2. The van der Waals surface area contributed by atoms with Crippen molar-refractivity contribution in [3.63, 3.8) is 0 Å². The minimum absolute atomic E-state index is 0.0857. The van der Waals surface area contributed by atoms with Crippen molar-refractivity contribution < 1.29 is 19.1 Å². The molecule has 1 saturated heterocycles. The lowest BCUT2D eigenvalue weighted by Crippen LogP contribution is -2.32. The molecule has 1 aromatic heterocycles. The molecule has 2 N–H and O–H groups in total. The van der Waals surface area contributed by atoms with Crippen LogP contribution in [-0.2, 0) is 20.9 Å². The Morgan fingerprint density at radius 2 is 1.94 bits per heavy atom. The number of anilines is 2. The summed E-state index contributed by atoms with van der Waals surface area (Å²) < 4.78 is 5.56. The van der Waals surface area contributed by atoms with Crippen molar-refractivity contribution in [3.8, 4) is 5.75 Å². The molecule has 0 saturated carbocycles. The van der Waals surface area contributed by atoms with Gasteiger partial charge in [0, 0.05) is 29.2 Å². The highest BCUT2D eigenvalue weighted by Crippen LogP contribution is 2.27. The largest absolute Gasteiger partial charge is 0.484 e. The summed E-state index contributed by atoms with van der Waals surface area (Å²) in [5, 5.41) is 7.67. The third-order valence-corrected chi connectivity index (χ3v) is 6.21. The molecule has 3 aromatic rings. The van der Waals surface area contributed by atoms with Gasteiger partial charge in [0.15, 0.2) is 6.61 Å². The van der Waals surface area contributed by atoms with Crippen LogP contribution in [0.1, 0.15) is 16.9 Å². The molecule has 4 rings (SSSR count). The average molecular weight is 464 g/mol. The summed E-state index contributed by atoms with van der Waals surface area (Å²) in [4.78, 5) is 39.8. The number of rotatable bonds is 8. The van der Waals surface area contributed by atoms with E-state index in [1.807, 2.05) is 48.7 Å². The smallest absolute Gasteiger partial charge is 0.262 e. The maximum absolute atomic E-state index is 12.5. The van der Waals surface area contributed by atoms with E-state index in [0.717, 1.165) is 16.1 Å². The van der Waals surface area contributed by atoms with Crippen LogP contribution in [-0.4, -0.2) is 30.9 Å². The molecule has 0 bridgehead atoms. The molecule has 0 radical (unpaired) electrons. The highest BCUT2D eigenvalue weighted by Gasteiger charge is 2.35. The SMILES string of the molecule is Cc1cccc(NC(=O)COc2ccc(N3C[C@H](C(=O)NCc4cccs4)CC3=O)cc2)c1. The molecule has 0 aliphatic carbocycles. The number of hydrogen-bond donors (Lipinski definition) is 2. The summed E-state index contributed by atoms with van der Waals surface area (Å²) in [6.45, 7) is 2.65. The maximum atomic E-state index is 12.5. The summed E-state index contributed by atoms with van der Waals surface area (Å²) in [5.41, 5.74) is 2.48. The first-order chi connectivity index (χ1) is 16.0. The first kappa shape index (κ1) is 22.5. The summed E-state index contributed by atoms with van der Waals surface area (Å²) in [6, 6.07) is 18.4. The van der Waals surface area contributed by atoms with E-state index in [0.29, 0.717) is 24.5 Å². The Morgan fingerprint density at radius 1 is 1.12 bits per heavy atom. The predicted octanol–water partition coefficient (Wildman–Crippen LogP) is 3.74. The monoisotopic (exact) mass is 463 g/mol. The van der Waals surface area contributed by atoms with Gasteiger partial charge in [-0.2, -0.15) is 0 Å². The molecule has 1 fully saturated rings. The fraction of sp³-hybridized carbons (Fsp3) is 0.240. The third kappa shape index (κ3) is 5.98. The van der Waals surface area contributed by atoms with Crippen LogP contribution in [0.4, 0.5) is 11.4 Å². The minimum Gasteiger partial charge on any atom is -0.484 e. The van der Waals surface area contributed by atoms with Gasteiger partial charge in [0.25, 0.3) is 5.91 Å². The van der Waals surface area contributed by atoms with Crippen LogP contribution in [0, 0.1) is 12.8 Å². The average Bonchev–Trinajstić information content (AvgIpc) is 3.46. The number of nitrogens with one attached hydrogen (secondary N) is 2. The fourth-order valence-electron chi connectivity index (χ4n) is 3.66. The second kappa shape index (κ2) is 10.3. The standard InChI is InChI=1S/C25H25N3O4S/c1-17-4-2-5-19(12-17)27-23(29)16-32-21-9-7-20(8-10-21)28-15-18(13-24(28)30)25(31)26-14-22-6-3-11-33-22/h2-12,18H,13-16H2,1H3,(H,26,31)(H,27,29)/t18-/m1/s1. The number of carbonyl (C=O) groups excluding carboxylic acids is 3.